The van der Waals surface area contributed by atoms with Crippen molar-refractivity contribution < 1.29 is 27.8 Å². The van der Waals surface area contributed by atoms with Gasteiger partial charge in [0.2, 0.25) is 5.91 Å². The Hall–Kier alpha value is -2.59. The van der Waals surface area contributed by atoms with Crippen molar-refractivity contribution >= 4 is 23.5 Å². The highest BCUT2D eigenvalue weighted by Gasteiger charge is 2.45. The lowest BCUT2D eigenvalue weighted by Gasteiger charge is -2.43. The van der Waals surface area contributed by atoms with Gasteiger partial charge in [-0.05, 0) is 74.1 Å². The molecule has 7 nitrogen and oxygen atoms in total. The van der Waals surface area contributed by atoms with Gasteiger partial charge in [0.1, 0.15) is 17.7 Å². The number of ether oxygens (including phenoxy) is 2. The number of amides is 1. The molecule has 0 spiro atoms. The minimum absolute atomic E-state index is 0.00381. The van der Waals surface area contributed by atoms with Crippen LogP contribution in [-0.2, 0) is 25.5 Å². The van der Waals surface area contributed by atoms with Crippen LogP contribution in [0.5, 0.6) is 0 Å². The molecule has 0 N–H and O–H groups in total. The van der Waals surface area contributed by atoms with Crippen LogP contribution in [0.3, 0.4) is 0 Å². The third kappa shape index (κ3) is 6.90. The maximum absolute atomic E-state index is 15.2. The van der Waals surface area contributed by atoms with Crippen molar-refractivity contribution in [3.8, 4) is 0 Å². The van der Waals surface area contributed by atoms with Crippen molar-refractivity contribution in [2.75, 3.05) is 53.0 Å². The van der Waals surface area contributed by atoms with Gasteiger partial charge in [-0.3, -0.25) is 19.4 Å². The largest absolute Gasteiger partial charge is 0.468 e. The SMILES string of the molecule is COC(=O)[C@H](Cc1cc(C)c(C)cc1F)N1CCN(C(=O)[C@@H]2CN(C3CCOCC3)C[C@H]2c2ccc(Cl)cc2F)[C@@H](C)C1. The average molecular weight is 618 g/mol. The first-order valence-electron chi connectivity index (χ1n) is 15.2. The minimum Gasteiger partial charge on any atom is -0.468 e. The van der Waals surface area contributed by atoms with Crippen LogP contribution in [0, 0.1) is 31.4 Å². The molecule has 2 aromatic rings. The molecule has 2 aromatic carbocycles. The number of nitrogens with zero attached hydrogens (tertiary/aromatic N) is 3. The van der Waals surface area contributed by atoms with E-state index in [1.54, 1.807) is 18.2 Å². The van der Waals surface area contributed by atoms with Crippen molar-refractivity contribution in [3.63, 3.8) is 0 Å². The Kier molecular flexibility index (Phi) is 10.1. The molecule has 3 aliphatic heterocycles. The van der Waals surface area contributed by atoms with Gasteiger partial charge >= 0.3 is 5.97 Å². The fraction of sp³-hybridized carbons (Fsp3) is 0.576. The molecule has 3 saturated heterocycles. The first-order valence-corrected chi connectivity index (χ1v) is 15.6. The quantitative estimate of drug-likeness (QED) is 0.418. The molecule has 3 aliphatic rings. The Labute approximate surface area is 258 Å². The standard InChI is InChI=1S/C33H42ClF2N3O4/c1-20-13-23(29(35)14-21(20)2)15-31(33(41)42-4)37-9-10-39(22(3)17-37)32(40)28-19-38(25-7-11-43-12-8-25)18-27(28)26-6-5-24(34)16-30(26)36/h5-6,13-14,16,22,25,27-28,31H,7-12,15,17-19H2,1-4H3/t22-,27-,28+,31-/m0/s1. The topological polar surface area (TPSA) is 62.3 Å². The predicted octanol–water partition coefficient (Wildman–Crippen LogP) is 4.75. The van der Waals surface area contributed by atoms with Crippen LogP contribution in [0.4, 0.5) is 8.78 Å². The molecule has 0 aliphatic carbocycles. The second-order valence-electron chi connectivity index (χ2n) is 12.3. The zero-order chi connectivity index (χ0) is 30.8. The number of halogens is 3. The van der Waals surface area contributed by atoms with Gasteiger partial charge in [-0.2, -0.15) is 0 Å². The van der Waals surface area contributed by atoms with Gasteiger partial charge < -0.3 is 14.4 Å². The normalized spacial score (nSPS) is 24.7. The minimum atomic E-state index is -0.673. The number of hydrogen-bond acceptors (Lipinski definition) is 6. The van der Waals surface area contributed by atoms with Crippen molar-refractivity contribution in [3.05, 3.63) is 69.2 Å². The molecule has 0 unspecified atom stereocenters. The summed E-state index contributed by atoms with van der Waals surface area (Å²) < 4.78 is 40.8. The van der Waals surface area contributed by atoms with Crippen LogP contribution < -0.4 is 0 Å². The zero-order valence-corrected chi connectivity index (χ0v) is 26.2. The van der Waals surface area contributed by atoms with E-state index in [9.17, 15) is 14.0 Å². The van der Waals surface area contributed by atoms with Crippen molar-refractivity contribution in [2.24, 2.45) is 5.92 Å². The second-order valence-corrected chi connectivity index (χ2v) is 12.8. The Morgan fingerprint density at radius 1 is 1.02 bits per heavy atom. The molecule has 43 heavy (non-hydrogen) atoms. The lowest BCUT2D eigenvalue weighted by molar-refractivity contribution is -0.150. The molecule has 234 valence electrons. The van der Waals surface area contributed by atoms with E-state index in [-0.39, 0.29) is 35.9 Å². The third-order valence-electron chi connectivity index (χ3n) is 9.67. The third-order valence-corrected chi connectivity index (χ3v) is 9.90. The average Bonchev–Trinajstić information content (AvgIpc) is 3.43. The van der Waals surface area contributed by atoms with Crippen LogP contribution in [0.25, 0.3) is 0 Å². The molecular formula is C33H42ClF2N3O4. The molecular weight excluding hydrogens is 576 g/mol. The highest BCUT2D eigenvalue weighted by Crippen LogP contribution is 2.39. The highest BCUT2D eigenvalue weighted by atomic mass is 35.5. The lowest BCUT2D eigenvalue weighted by Crippen LogP contribution is -2.59. The van der Waals surface area contributed by atoms with Crippen LogP contribution in [-0.4, -0.2) is 97.7 Å². The molecule has 10 heteroatoms. The molecule has 0 saturated carbocycles. The number of piperazine rings is 1. The summed E-state index contributed by atoms with van der Waals surface area (Å²) >= 11 is 6.06. The van der Waals surface area contributed by atoms with Gasteiger partial charge in [-0.1, -0.05) is 23.7 Å². The Balaban J connectivity index is 1.34. The lowest BCUT2D eigenvalue weighted by atomic mass is 9.87. The van der Waals surface area contributed by atoms with E-state index in [0.717, 1.165) is 24.0 Å². The molecule has 1 amide bonds. The molecule has 0 bridgehead atoms. The predicted molar refractivity (Wildman–Crippen MR) is 161 cm³/mol. The fourth-order valence-electron chi connectivity index (χ4n) is 7.06. The number of carbonyl (C=O) groups excluding carboxylic acids is 2. The van der Waals surface area contributed by atoms with E-state index in [1.165, 1.54) is 19.2 Å². The monoisotopic (exact) mass is 617 g/mol. The summed E-state index contributed by atoms with van der Waals surface area (Å²) in [6, 6.07) is 7.44. The maximum Gasteiger partial charge on any atom is 0.323 e. The fourth-order valence-corrected chi connectivity index (χ4v) is 7.22. The highest BCUT2D eigenvalue weighted by molar-refractivity contribution is 6.30. The second kappa shape index (κ2) is 13.6. The van der Waals surface area contributed by atoms with Gasteiger partial charge in [0.15, 0.2) is 0 Å². The Morgan fingerprint density at radius 3 is 2.42 bits per heavy atom. The Bertz CT molecular complexity index is 1340. The number of carbonyl (C=O) groups is 2. The van der Waals surface area contributed by atoms with Gasteiger partial charge in [0.25, 0.3) is 0 Å². The van der Waals surface area contributed by atoms with Crippen LogP contribution in [0.15, 0.2) is 30.3 Å². The number of benzene rings is 2. The molecule has 3 fully saturated rings. The van der Waals surface area contributed by atoms with Crippen molar-refractivity contribution in [2.45, 2.75) is 64.1 Å². The molecule has 5 rings (SSSR count). The van der Waals surface area contributed by atoms with Gasteiger partial charge in [0, 0.05) is 75.4 Å². The Morgan fingerprint density at radius 2 is 1.74 bits per heavy atom. The first kappa shape index (κ1) is 31.8. The maximum atomic E-state index is 15.2. The van der Waals surface area contributed by atoms with E-state index >= 15 is 4.39 Å². The van der Waals surface area contributed by atoms with Crippen LogP contribution in [0.1, 0.15) is 47.9 Å². The number of hydrogen-bond donors (Lipinski definition) is 0. The number of esters is 1. The van der Waals surface area contributed by atoms with Crippen molar-refractivity contribution in [1.82, 2.24) is 14.7 Å². The van der Waals surface area contributed by atoms with Crippen molar-refractivity contribution in [1.29, 1.82) is 0 Å². The smallest absolute Gasteiger partial charge is 0.323 e. The van der Waals surface area contributed by atoms with E-state index in [0.29, 0.717) is 68.1 Å². The number of rotatable bonds is 7. The van der Waals surface area contributed by atoms with Gasteiger partial charge in [0.05, 0.1) is 13.0 Å². The van der Waals surface area contributed by atoms with Crippen LogP contribution >= 0.6 is 11.6 Å². The van der Waals surface area contributed by atoms with E-state index in [4.69, 9.17) is 21.1 Å². The van der Waals surface area contributed by atoms with E-state index in [1.807, 2.05) is 30.6 Å². The number of likely N-dealkylation sites (tertiary alicyclic amines) is 1. The summed E-state index contributed by atoms with van der Waals surface area (Å²) in [6.07, 6.45) is 1.96. The summed E-state index contributed by atoms with van der Waals surface area (Å²) in [5.74, 6) is -1.86. The number of aryl methyl sites for hydroxylation is 2. The summed E-state index contributed by atoms with van der Waals surface area (Å²) in [5, 5.41) is 0.328. The molecule has 0 aromatic heterocycles. The first-order chi connectivity index (χ1) is 20.6. The molecule has 4 atom stereocenters. The van der Waals surface area contributed by atoms with Crippen LogP contribution in [0.2, 0.25) is 5.02 Å². The van der Waals surface area contributed by atoms with Gasteiger partial charge in [-0.25, -0.2) is 8.78 Å². The summed E-state index contributed by atoms with van der Waals surface area (Å²) in [4.78, 5) is 33.4. The number of methoxy groups -OCH3 is 1. The summed E-state index contributed by atoms with van der Waals surface area (Å²) in [7, 11) is 1.34. The van der Waals surface area contributed by atoms with Gasteiger partial charge in [-0.15, -0.1) is 0 Å². The zero-order valence-electron chi connectivity index (χ0n) is 25.5. The molecule has 3 heterocycles. The van der Waals surface area contributed by atoms with E-state index < -0.39 is 17.9 Å². The summed E-state index contributed by atoms with van der Waals surface area (Å²) in [5.41, 5.74) is 2.80. The summed E-state index contributed by atoms with van der Waals surface area (Å²) in [6.45, 7) is 9.57. The molecule has 0 radical (unpaired) electrons. The van der Waals surface area contributed by atoms with E-state index in [2.05, 4.69) is 4.90 Å².